The first-order valence-electron chi connectivity index (χ1n) is 29.4. The van der Waals surface area contributed by atoms with Crippen LogP contribution in [0.3, 0.4) is 0 Å². The summed E-state index contributed by atoms with van der Waals surface area (Å²) in [4.78, 5) is 5.01. The summed E-state index contributed by atoms with van der Waals surface area (Å²) in [5.41, 5.74) is 10.6. The van der Waals surface area contributed by atoms with Crippen molar-refractivity contribution in [2.45, 2.75) is 329 Å². The average molecular weight is 886 g/mol. The van der Waals surface area contributed by atoms with Crippen molar-refractivity contribution in [3.63, 3.8) is 0 Å². The average Bonchev–Trinajstić information content (AvgIpc) is 3.29. The number of hydrogen-bond donors (Lipinski definition) is 4. The largest absolute Gasteiger partial charge is 0.371 e. The van der Waals surface area contributed by atoms with E-state index in [-0.39, 0.29) is 0 Å². The maximum Gasteiger partial charge on any atom is 0.141 e. The highest BCUT2D eigenvalue weighted by Gasteiger charge is 2.14. The summed E-state index contributed by atoms with van der Waals surface area (Å²) in [5.74, 6) is 2.02. The van der Waals surface area contributed by atoms with Gasteiger partial charge in [-0.1, -0.05) is 315 Å². The van der Waals surface area contributed by atoms with Gasteiger partial charge in [-0.2, -0.15) is 0 Å². The molecular formula is C57H116N6. The van der Waals surface area contributed by atoms with Crippen molar-refractivity contribution < 1.29 is 0 Å². The van der Waals surface area contributed by atoms with Gasteiger partial charge in [0.2, 0.25) is 0 Å². The van der Waals surface area contributed by atoms with Crippen LogP contribution in [0.4, 0.5) is 0 Å². The standard InChI is InChI=1S/C57H116N6/c1-4-7-10-13-16-19-22-25-28-31-34-37-40-43-46-49-52-58-56-55-57(59-53-50-47-44-41-38-35-32-29-26-23-20-17-14-11-8-5-2)62-63(61-56)60-54-51-48-45-42-39-36-33-30-27-24-21-18-15-12-9-6-3/h55,58,60-61H,4-54H2,1-3H3,(H,59,62). The highest BCUT2D eigenvalue weighted by Crippen LogP contribution is 2.17. The Morgan fingerprint density at radius 3 is 0.921 bits per heavy atom. The van der Waals surface area contributed by atoms with Gasteiger partial charge in [-0.25, -0.2) is 5.43 Å². The van der Waals surface area contributed by atoms with Crippen molar-refractivity contribution in [3.05, 3.63) is 11.9 Å². The minimum Gasteiger partial charge on any atom is -0.371 e. The van der Waals surface area contributed by atoms with Gasteiger partial charge in [0.15, 0.2) is 0 Å². The first kappa shape index (κ1) is 59.7. The van der Waals surface area contributed by atoms with E-state index in [9.17, 15) is 0 Å². The molecule has 4 N–H and O–H groups in total. The molecule has 1 rings (SSSR count). The number of hydrazine groups is 3. The van der Waals surface area contributed by atoms with E-state index in [1.165, 1.54) is 308 Å². The number of rotatable bonds is 53. The second-order valence-corrected chi connectivity index (χ2v) is 20.1. The van der Waals surface area contributed by atoms with Crippen LogP contribution in [0.1, 0.15) is 329 Å². The maximum atomic E-state index is 5.01. The van der Waals surface area contributed by atoms with Crippen molar-refractivity contribution in [3.8, 4) is 0 Å². The van der Waals surface area contributed by atoms with Crippen molar-refractivity contribution in [2.24, 2.45) is 4.99 Å². The molecule has 374 valence electrons. The van der Waals surface area contributed by atoms with Gasteiger partial charge < -0.3 is 5.32 Å². The molecule has 0 spiro atoms. The van der Waals surface area contributed by atoms with Gasteiger partial charge >= 0.3 is 0 Å². The summed E-state index contributed by atoms with van der Waals surface area (Å²) < 4.78 is 0. The second-order valence-electron chi connectivity index (χ2n) is 20.1. The second kappa shape index (κ2) is 51.7. The third-order valence-corrected chi connectivity index (χ3v) is 13.7. The van der Waals surface area contributed by atoms with Crippen molar-refractivity contribution in [2.75, 3.05) is 19.6 Å². The molecule has 0 aliphatic carbocycles. The van der Waals surface area contributed by atoms with Gasteiger partial charge in [-0.3, -0.25) is 15.8 Å². The summed E-state index contributed by atoms with van der Waals surface area (Å²) in [6.45, 7) is 9.80. The number of amidine groups is 1. The summed E-state index contributed by atoms with van der Waals surface area (Å²) in [6, 6.07) is 0. The molecule has 1 heterocycles. The summed E-state index contributed by atoms with van der Waals surface area (Å²) in [5, 5.41) is 5.65. The minimum absolute atomic E-state index is 0.899. The van der Waals surface area contributed by atoms with Crippen molar-refractivity contribution in [1.29, 1.82) is 0 Å². The maximum absolute atomic E-state index is 5.01. The van der Waals surface area contributed by atoms with Crippen LogP contribution in [0.5, 0.6) is 0 Å². The molecule has 0 aromatic carbocycles. The van der Waals surface area contributed by atoms with Gasteiger partial charge in [0.25, 0.3) is 0 Å². The van der Waals surface area contributed by atoms with Gasteiger partial charge in [0, 0.05) is 25.7 Å². The number of nitrogens with one attached hydrogen (secondary N) is 4. The van der Waals surface area contributed by atoms with Gasteiger partial charge in [0.1, 0.15) is 11.7 Å². The van der Waals surface area contributed by atoms with E-state index in [2.05, 4.69) is 48.4 Å². The van der Waals surface area contributed by atoms with E-state index >= 15 is 0 Å². The number of hydrogen-bond acceptors (Lipinski definition) is 5. The SMILES string of the molecule is CCCCCCCCCCCCCCCCCCN=C1C=C(NCCCCCCCCCCCCCCCCCC)NN(NCCCCCCCCCCCCCCCCCC)N1. The van der Waals surface area contributed by atoms with E-state index in [1.54, 1.807) is 0 Å². The lowest BCUT2D eigenvalue weighted by atomic mass is 10.0. The van der Waals surface area contributed by atoms with Gasteiger partial charge in [-0.05, 0) is 19.3 Å². The Balaban J connectivity index is 2.23. The lowest BCUT2D eigenvalue weighted by Gasteiger charge is -2.31. The topological polar surface area (TPSA) is 63.7 Å². The van der Waals surface area contributed by atoms with Crippen LogP contribution < -0.4 is 21.6 Å². The molecule has 0 unspecified atom stereocenters. The zero-order chi connectivity index (χ0) is 45.0. The van der Waals surface area contributed by atoms with Gasteiger partial charge in [-0.15, -0.1) is 0 Å². The fourth-order valence-electron chi connectivity index (χ4n) is 9.33. The van der Waals surface area contributed by atoms with Crippen LogP contribution in [0.25, 0.3) is 0 Å². The molecule has 0 atom stereocenters. The van der Waals surface area contributed by atoms with Crippen LogP contribution in [-0.2, 0) is 0 Å². The smallest absolute Gasteiger partial charge is 0.141 e. The highest BCUT2D eigenvalue weighted by atomic mass is 15.9. The van der Waals surface area contributed by atoms with Gasteiger partial charge in [0.05, 0.1) is 0 Å². The molecule has 63 heavy (non-hydrogen) atoms. The highest BCUT2D eigenvalue weighted by molar-refractivity contribution is 5.93. The molecule has 0 bridgehead atoms. The fourth-order valence-corrected chi connectivity index (χ4v) is 9.33. The summed E-state index contributed by atoms with van der Waals surface area (Å²) >= 11 is 0. The number of unbranched alkanes of at least 4 members (excludes halogenated alkanes) is 45. The molecule has 1 aliphatic rings. The predicted octanol–water partition coefficient (Wildman–Crippen LogP) is 18.4. The van der Waals surface area contributed by atoms with E-state index in [1.807, 2.05) is 5.23 Å². The lowest BCUT2D eigenvalue weighted by Crippen LogP contribution is -2.61. The fraction of sp³-hybridized carbons (Fsp3) is 0.947. The first-order chi connectivity index (χ1) is 31.3. The predicted molar refractivity (Wildman–Crippen MR) is 283 cm³/mol. The minimum atomic E-state index is 0.899. The Morgan fingerprint density at radius 1 is 0.333 bits per heavy atom. The van der Waals surface area contributed by atoms with Crippen LogP contribution >= 0.6 is 0 Å². The molecule has 0 aromatic rings. The van der Waals surface area contributed by atoms with Crippen molar-refractivity contribution in [1.82, 2.24) is 26.8 Å². The molecule has 0 radical (unpaired) electrons. The lowest BCUT2D eigenvalue weighted by molar-refractivity contribution is 0.0874. The molecule has 6 heteroatoms. The number of nitrogens with zero attached hydrogens (tertiary/aromatic N) is 2. The zero-order valence-electron chi connectivity index (χ0n) is 43.5. The van der Waals surface area contributed by atoms with E-state index < -0.39 is 0 Å². The quantitative estimate of drug-likeness (QED) is 0.0459. The van der Waals surface area contributed by atoms with Crippen LogP contribution in [0.2, 0.25) is 0 Å². The van der Waals surface area contributed by atoms with E-state index in [0.29, 0.717) is 0 Å². The Kier molecular flexibility index (Phi) is 49.0. The Labute approximate surface area is 396 Å². The Hall–Kier alpha value is -1.27. The van der Waals surface area contributed by atoms with E-state index in [0.717, 1.165) is 31.3 Å². The van der Waals surface area contributed by atoms with E-state index in [4.69, 9.17) is 4.99 Å². The monoisotopic (exact) mass is 885 g/mol. The number of aliphatic imine (C=N–C) groups is 1. The third-order valence-electron chi connectivity index (χ3n) is 13.7. The third kappa shape index (κ3) is 45.7. The molecule has 0 amide bonds. The van der Waals surface area contributed by atoms with Crippen LogP contribution in [-0.4, -0.2) is 30.7 Å². The summed E-state index contributed by atoms with van der Waals surface area (Å²) in [7, 11) is 0. The molecule has 0 aromatic heterocycles. The van der Waals surface area contributed by atoms with Crippen LogP contribution in [0.15, 0.2) is 16.9 Å². The molecule has 0 saturated heterocycles. The molecule has 6 nitrogen and oxygen atoms in total. The normalized spacial score (nSPS) is 13.8. The zero-order valence-corrected chi connectivity index (χ0v) is 43.5. The first-order valence-corrected chi connectivity index (χ1v) is 29.4. The molecule has 0 fully saturated rings. The van der Waals surface area contributed by atoms with Crippen LogP contribution in [0, 0.1) is 0 Å². The summed E-state index contributed by atoms with van der Waals surface area (Å²) in [6.07, 6.45) is 69.7. The Morgan fingerprint density at radius 2 is 0.603 bits per heavy atom. The van der Waals surface area contributed by atoms with Crippen molar-refractivity contribution >= 4 is 5.84 Å². The molecule has 0 saturated carbocycles. The molecule has 1 aliphatic heterocycles. The molecular weight excluding hydrogens is 769 g/mol. The Bertz CT molecular complexity index is 936.